The molecule has 0 fully saturated rings. The van der Waals surface area contributed by atoms with Crippen LogP contribution >= 0.6 is 22.7 Å². The fourth-order valence-electron chi connectivity index (χ4n) is 3.61. The summed E-state index contributed by atoms with van der Waals surface area (Å²) < 4.78 is 0. The van der Waals surface area contributed by atoms with Crippen molar-refractivity contribution in [2.24, 2.45) is 0 Å². The van der Waals surface area contributed by atoms with Gasteiger partial charge in [-0.15, -0.1) is 22.7 Å². The molecule has 30 heavy (non-hydrogen) atoms. The van der Waals surface area contributed by atoms with Crippen LogP contribution in [0.2, 0.25) is 0 Å². The van der Waals surface area contributed by atoms with E-state index in [2.05, 4.69) is 23.8 Å². The molecule has 0 spiro atoms. The third kappa shape index (κ3) is 3.36. The second-order valence-electron chi connectivity index (χ2n) is 7.45. The standard InChI is InChI=1S/C22H21N3O3S2/c1-11(2)14-5-7-15(8-6-14)17-16(18(26)20-12(3)24-13(4)30-20)19(27)21(28)25(17)22-23-9-10-29-22/h5-11,17,27H,1-4H3. The Morgan fingerprint density at radius 3 is 2.43 bits per heavy atom. The minimum atomic E-state index is -0.751. The Labute approximate surface area is 182 Å². The van der Waals surface area contributed by atoms with Gasteiger partial charge in [0.05, 0.1) is 27.2 Å². The maximum Gasteiger partial charge on any atom is 0.296 e. The van der Waals surface area contributed by atoms with Crippen LogP contribution in [0.4, 0.5) is 5.13 Å². The van der Waals surface area contributed by atoms with E-state index in [4.69, 9.17) is 0 Å². The molecule has 1 N–H and O–H groups in total. The molecule has 1 aliphatic rings. The van der Waals surface area contributed by atoms with Crippen molar-refractivity contribution in [1.29, 1.82) is 0 Å². The molecule has 1 amide bonds. The number of aliphatic hydroxyl groups is 1. The smallest absolute Gasteiger partial charge is 0.296 e. The molecule has 0 saturated carbocycles. The molecule has 6 nitrogen and oxygen atoms in total. The van der Waals surface area contributed by atoms with Gasteiger partial charge < -0.3 is 5.11 Å². The molecule has 1 aliphatic heterocycles. The van der Waals surface area contributed by atoms with E-state index in [1.807, 2.05) is 31.2 Å². The first-order valence-electron chi connectivity index (χ1n) is 9.54. The first kappa shape index (κ1) is 20.4. The molecular weight excluding hydrogens is 418 g/mol. The van der Waals surface area contributed by atoms with Gasteiger partial charge in [-0.05, 0) is 30.9 Å². The topological polar surface area (TPSA) is 83.4 Å². The minimum absolute atomic E-state index is 0.0687. The predicted molar refractivity (Wildman–Crippen MR) is 118 cm³/mol. The van der Waals surface area contributed by atoms with E-state index in [1.165, 1.54) is 27.6 Å². The molecule has 3 heterocycles. The van der Waals surface area contributed by atoms with Crippen molar-refractivity contribution in [3.05, 3.63) is 73.9 Å². The lowest BCUT2D eigenvalue weighted by molar-refractivity contribution is -0.117. The van der Waals surface area contributed by atoms with E-state index in [0.29, 0.717) is 21.6 Å². The molecule has 0 aliphatic carbocycles. The van der Waals surface area contributed by atoms with Crippen molar-refractivity contribution in [3.8, 4) is 0 Å². The molecule has 1 unspecified atom stereocenters. The molecule has 0 radical (unpaired) electrons. The van der Waals surface area contributed by atoms with Crippen LogP contribution in [0.25, 0.3) is 0 Å². The summed E-state index contributed by atoms with van der Waals surface area (Å²) in [6, 6.07) is 7.04. The van der Waals surface area contributed by atoms with E-state index in [-0.39, 0.29) is 11.4 Å². The number of benzene rings is 1. The van der Waals surface area contributed by atoms with Gasteiger partial charge in [-0.3, -0.25) is 14.5 Å². The number of anilines is 1. The van der Waals surface area contributed by atoms with Crippen LogP contribution in [0.15, 0.2) is 47.2 Å². The molecule has 8 heteroatoms. The monoisotopic (exact) mass is 439 g/mol. The molecule has 0 saturated heterocycles. The lowest BCUT2D eigenvalue weighted by atomic mass is 9.93. The van der Waals surface area contributed by atoms with Gasteiger partial charge in [0.2, 0.25) is 5.78 Å². The molecule has 2 aromatic heterocycles. The van der Waals surface area contributed by atoms with Crippen LogP contribution in [-0.2, 0) is 4.79 Å². The average molecular weight is 440 g/mol. The minimum Gasteiger partial charge on any atom is -0.503 e. The molecule has 4 rings (SSSR count). The number of thiazole rings is 2. The molecule has 0 bridgehead atoms. The van der Waals surface area contributed by atoms with E-state index in [1.54, 1.807) is 18.5 Å². The van der Waals surface area contributed by atoms with Gasteiger partial charge >= 0.3 is 0 Å². The maximum absolute atomic E-state index is 13.5. The Kier molecular flexibility index (Phi) is 5.29. The number of aryl methyl sites for hydroxylation is 2. The van der Waals surface area contributed by atoms with Gasteiger partial charge in [0, 0.05) is 11.6 Å². The van der Waals surface area contributed by atoms with Crippen molar-refractivity contribution < 1.29 is 14.7 Å². The Bertz CT molecular complexity index is 1150. The van der Waals surface area contributed by atoms with Crippen molar-refractivity contribution in [2.45, 2.75) is 39.7 Å². The fraction of sp³-hybridized carbons (Fsp3) is 0.273. The Morgan fingerprint density at radius 2 is 1.90 bits per heavy atom. The van der Waals surface area contributed by atoms with Crippen LogP contribution in [-0.4, -0.2) is 26.8 Å². The number of Topliss-reactive ketones (excluding diaryl/α,β-unsaturated/α-hetero) is 1. The third-order valence-electron chi connectivity index (χ3n) is 5.11. The van der Waals surface area contributed by atoms with Crippen molar-refractivity contribution in [1.82, 2.24) is 9.97 Å². The van der Waals surface area contributed by atoms with Crippen LogP contribution < -0.4 is 4.90 Å². The number of amides is 1. The van der Waals surface area contributed by atoms with Crippen LogP contribution in [0.1, 0.15) is 57.3 Å². The van der Waals surface area contributed by atoms with E-state index in [9.17, 15) is 14.7 Å². The number of carbonyl (C=O) groups is 2. The molecular formula is C22H21N3O3S2. The van der Waals surface area contributed by atoms with Crippen LogP contribution in [0, 0.1) is 13.8 Å². The summed E-state index contributed by atoms with van der Waals surface area (Å²) in [6.07, 6.45) is 1.60. The van der Waals surface area contributed by atoms with Gasteiger partial charge in [-0.25, -0.2) is 9.97 Å². The number of aliphatic hydroxyl groups excluding tert-OH is 1. The summed E-state index contributed by atoms with van der Waals surface area (Å²) in [4.78, 5) is 36.9. The summed E-state index contributed by atoms with van der Waals surface area (Å²) >= 11 is 2.55. The molecule has 1 atom stereocenters. The summed E-state index contributed by atoms with van der Waals surface area (Å²) in [5.41, 5.74) is 2.56. The number of aromatic nitrogens is 2. The number of hydrogen-bond donors (Lipinski definition) is 1. The fourth-order valence-corrected chi connectivity index (χ4v) is 5.15. The third-order valence-corrected chi connectivity index (χ3v) is 6.95. The number of rotatable bonds is 5. The molecule has 1 aromatic carbocycles. The van der Waals surface area contributed by atoms with Crippen LogP contribution in [0.3, 0.4) is 0 Å². The number of hydrogen-bond acceptors (Lipinski definition) is 7. The zero-order chi connectivity index (χ0) is 21.6. The number of ketones is 1. The van der Waals surface area contributed by atoms with Crippen molar-refractivity contribution in [2.75, 3.05) is 4.90 Å². The normalized spacial score (nSPS) is 16.8. The summed E-state index contributed by atoms with van der Waals surface area (Å²) in [5.74, 6) is -1.17. The van der Waals surface area contributed by atoms with E-state index >= 15 is 0 Å². The highest BCUT2D eigenvalue weighted by Crippen LogP contribution is 2.43. The summed E-state index contributed by atoms with van der Waals surface area (Å²) in [6.45, 7) is 7.79. The summed E-state index contributed by atoms with van der Waals surface area (Å²) in [5, 5.41) is 13.7. The van der Waals surface area contributed by atoms with Crippen molar-refractivity contribution in [3.63, 3.8) is 0 Å². The largest absolute Gasteiger partial charge is 0.503 e. The van der Waals surface area contributed by atoms with Gasteiger partial charge in [-0.2, -0.15) is 0 Å². The highest BCUT2D eigenvalue weighted by atomic mass is 32.1. The SMILES string of the molecule is Cc1nc(C)c(C(=O)C2=C(O)C(=O)N(c3nccs3)C2c2ccc(C(C)C)cc2)s1. The first-order valence-corrected chi connectivity index (χ1v) is 11.2. The Morgan fingerprint density at radius 1 is 1.20 bits per heavy atom. The Balaban J connectivity index is 1.86. The highest BCUT2D eigenvalue weighted by Gasteiger charge is 2.46. The van der Waals surface area contributed by atoms with Gasteiger partial charge in [0.15, 0.2) is 10.9 Å². The lowest BCUT2D eigenvalue weighted by Gasteiger charge is -2.24. The second-order valence-corrected chi connectivity index (χ2v) is 9.53. The van der Waals surface area contributed by atoms with E-state index < -0.39 is 17.7 Å². The van der Waals surface area contributed by atoms with Crippen molar-refractivity contribution >= 4 is 39.5 Å². The first-order chi connectivity index (χ1) is 14.3. The Hall–Kier alpha value is -2.84. The zero-order valence-corrected chi connectivity index (χ0v) is 18.7. The van der Waals surface area contributed by atoms with Crippen LogP contribution in [0.5, 0.6) is 0 Å². The van der Waals surface area contributed by atoms with E-state index in [0.717, 1.165) is 16.1 Å². The van der Waals surface area contributed by atoms with Gasteiger partial charge in [0.1, 0.15) is 0 Å². The quantitative estimate of drug-likeness (QED) is 0.558. The highest BCUT2D eigenvalue weighted by molar-refractivity contribution is 7.14. The molecule has 3 aromatic rings. The zero-order valence-electron chi connectivity index (χ0n) is 17.0. The van der Waals surface area contributed by atoms with Gasteiger partial charge in [-0.1, -0.05) is 38.1 Å². The lowest BCUT2D eigenvalue weighted by Crippen LogP contribution is -2.31. The molecule has 154 valence electrons. The number of carbonyl (C=O) groups excluding carboxylic acids is 2. The van der Waals surface area contributed by atoms with Gasteiger partial charge in [0.25, 0.3) is 5.91 Å². The summed E-state index contributed by atoms with van der Waals surface area (Å²) in [7, 11) is 0. The average Bonchev–Trinajstić information content (AvgIpc) is 3.41. The maximum atomic E-state index is 13.5. The second kappa shape index (κ2) is 7.77. The number of nitrogens with zero attached hydrogens (tertiary/aromatic N) is 3. The predicted octanol–water partition coefficient (Wildman–Crippen LogP) is 5.12.